The number of hydrogen-bond acceptors (Lipinski definition) is 17. The number of azo groups is 1. The number of aromatic hydroxyl groups is 1. The number of phenols is 1. The number of fused-ring (bicyclic) bond motifs is 1. The molecule has 0 spiro atoms. The minimum absolute atomic E-state index is 0. The molecule has 0 bridgehead atoms. The van der Waals surface area contributed by atoms with Gasteiger partial charge in [0.15, 0.2) is 0 Å². The maximum Gasteiger partial charge on any atom is 1.00 e. The van der Waals surface area contributed by atoms with Gasteiger partial charge >= 0.3 is 99.3 Å². The first-order chi connectivity index (χ1) is 22.6. The van der Waals surface area contributed by atoms with Crippen molar-refractivity contribution in [1.82, 2.24) is 15.0 Å². The number of hydrogen-bond donors (Lipinski definition) is 2. The van der Waals surface area contributed by atoms with Crippen LogP contribution in [0, 0.1) is 6.07 Å². The number of aromatic nitrogens is 3. The van der Waals surface area contributed by atoms with Crippen molar-refractivity contribution < 1.29 is 132 Å². The third-order valence-electron chi connectivity index (χ3n) is 6.14. The summed E-state index contributed by atoms with van der Waals surface area (Å²) in [5.41, 5.74) is -0.352. The van der Waals surface area contributed by atoms with E-state index in [9.17, 15) is 31.0 Å². The fourth-order valence-electron chi connectivity index (χ4n) is 4.26. The quantitative estimate of drug-likeness (QED) is 0.0614. The minimum Gasteiger partial charge on any atom is -0.744 e. The molecule has 5 rings (SSSR count). The van der Waals surface area contributed by atoms with Crippen molar-refractivity contribution in [2.24, 2.45) is 10.2 Å². The van der Waals surface area contributed by atoms with Gasteiger partial charge in [-0.1, -0.05) is 47.5 Å². The van der Waals surface area contributed by atoms with Crippen molar-refractivity contribution >= 4 is 87.9 Å². The average molecular weight is 802 g/mol. The van der Waals surface area contributed by atoms with E-state index in [2.05, 4.69) is 36.6 Å². The van der Waals surface area contributed by atoms with Crippen molar-refractivity contribution in [1.29, 1.82) is 0 Å². The molecule has 0 saturated carbocycles. The SMILES string of the molecule is CCN(c1ccccc1)c1nc(Cl)nc(Nc2c[c-]cc3cc(S(=O)(=O)[O-])c(N=Nc4ccccc4S(=O)(=O)[O-])c(O)c23)n1.O=S(=O)=O.[Na+].[Na+].[Na+]. The molecule has 1 aromatic heterocycles. The van der Waals surface area contributed by atoms with Gasteiger partial charge in [0.2, 0.25) is 17.2 Å². The Hall–Kier alpha value is -2.12. The maximum absolute atomic E-state index is 12.2. The third kappa shape index (κ3) is 12.5. The first-order valence-electron chi connectivity index (χ1n) is 13.0. The molecule has 0 aliphatic rings. The second-order valence-corrected chi connectivity index (χ2v) is 12.6. The van der Waals surface area contributed by atoms with Crippen LogP contribution in [0.2, 0.25) is 5.28 Å². The van der Waals surface area contributed by atoms with Crippen molar-refractivity contribution in [2.45, 2.75) is 16.7 Å². The van der Waals surface area contributed by atoms with Crippen LogP contribution >= 0.6 is 11.6 Å². The Morgan fingerprint density at radius 3 is 2.06 bits per heavy atom. The molecule has 24 heteroatoms. The van der Waals surface area contributed by atoms with Crippen molar-refractivity contribution in [2.75, 3.05) is 16.8 Å². The molecule has 0 aliphatic carbocycles. The molecular formula is C27H19ClN7Na3O10S3. The van der Waals surface area contributed by atoms with Crippen molar-refractivity contribution in [3.8, 4) is 5.75 Å². The number of rotatable bonds is 9. The first kappa shape index (κ1) is 46.9. The Kier molecular flexibility index (Phi) is 18.7. The van der Waals surface area contributed by atoms with Crippen LogP contribution in [0.25, 0.3) is 10.8 Å². The molecule has 4 aromatic carbocycles. The van der Waals surface area contributed by atoms with E-state index in [-0.39, 0.29) is 122 Å². The zero-order chi connectivity index (χ0) is 35.2. The zero-order valence-electron chi connectivity index (χ0n) is 27.0. The van der Waals surface area contributed by atoms with Crippen LogP contribution in [0.1, 0.15) is 6.92 Å². The van der Waals surface area contributed by atoms with Crippen LogP contribution < -0.4 is 98.9 Å². The summed E-state index contributed by atoms with van der Waals surface area (Å²) < 4.78 is 96.8. The molecule has 0 unspecified atom stereocenters. The molecule has 0 radical (unpaired) electrons. The number of benzene rings is 4. The monoisotopic (exact) mass is 801 g/mol. The molecule has 0 atom stereocenters. The molecule has 0 fully saturated rings. The van der Waals surface area contributed by atoms with E-state index in [0.29, 0.717) is 6.54 Å². The number of nitrogens with one attached hydrogen (secondary N) is 1. The summed E-state index contributed by atoms with van der Waals surface area (Å²) in [6, 6.07) is 20.4. The average Bonchev–Trinajstić information content (AvgIpc) is 3.00. The fraction of sp³-hybridized carbons (Fsp3) is 0.0741. The van der Waals surface area contributed by atoms with E-state index >= 15 is 0 Å². The Balaban J connectivity index is 0.00000176. The predicted octanol–water partition coefficient (Wildman–Crippen LogP) is -4.68. The van der Waals surface area contributed by atoms with Crippen LogP contribution in [-0.2, 0) is 30.8 Å². The number of para-hydroxylation sites is 1. The Morgan fingerprint density at radius 2 is 1.47 bits per heavy atom. The van der Waals surface area contributed by atoms with E-state index in [4.69, 9.17) is 24.2 Å². The van der Waals surface area contributed by atoms with E-state index in [1.54, 1.807) is 4.90 Å². The number of nitrogens with zero attached hydrogens (tertiary/aromatic N) is 6. The van der Waals surface area contributed by atoms with Crippen LogP contribution in [0.5, 0.6) is 5.75 Å². The summed E-state index contributed by atoms with van der Waals surface area (Å²) in [4.78, 5) is 12.8. The number of anilines is 4. The van der Waals surface area contributed by atoms with Gasteiger partial charge in [0, 0.05) is 12.2 Å². The Morgan fingerprint density at radius 1 is 0.882 bits per heavy atom. The van der Waals surface area contributed by atoms with E-state index in [1.807, 2.05) is 37.3 Å². The van der Waals surface area contributed by atoms with Crippen LogP contribution in [-0.4, -0.2) is 65.2 Å². The Labute approximate surface area is 364 Å². The van der Waals surface area contributed by atoms with Crippen LogP contribution in [0.3, 0.4) is 0 Å². The molecule has 0 saturated heterocycles. The van der Waals surface area contributed by atoms with Gasteiger partial charge in [0.1, 0.15) is 37.4 Å². The molecule has 17 nitrogen and oxygen atoms in total. The summed E-state index contributed by atoms with van der Waals surface area (Å²) >= 11 is 6.21. The molecule has 1 heterocycles. The molecule has 250 valence electrons. The van der Waals surface area contributed by atoms with E-state index < -0.39 is 57.8 Å². The topological polar surface area (TPSA) is 264 Å². The normalized spacial score (nSPS) is 10.9. The zero-order valence-corrected chi connectivity index (χ0v) is 36.2. The summed E-state index contributed by atoms with van der Waals surface area (Å²) in [5, 5.41) is 21.4. The summed E-state index contributed by atoms with van der Waals surface area (Å²) in [6.07, 6.45) is 0. The van der Waals surface area contributed by atoms with Crippen molar-refractivity contribution in [3.05, 3.63) is 84.1 Å². The van der Waals surface area contributed by atoms with Gasteiger partial charge in [0.25, 0.3) is 0 Å². The van der Waals surface area contributed by atoms with Gasteiger partial charge in [-0.05, 0) is 42.8 Å². The van der Waals surface area contributed by atoms with Crippen LogP contribution in [0.15, 0.2) is 92.8 Å². The van der Waals surface area contributed by atoms with Gasteiger partial charge in [0.05, 0.1) is 9.79 Å². The van der Waals surface area contributed by atoms with Crippen LogP contribution in [0.4, 0.5) is 34.6 Å². The first-order valence-corrected chi connectivity index (χ1v) is 17.2. The standard InChI is InChI=1S/C27H21ClN7O7S2.3Na.O3S/c1-2-35(17-10-4-3-5-11-17)27-31-25(28)30-26(32-27)29-19-13-8-9-16-15-21(44(40,41)42)23(24(36)22(16)19)34-33-18-12-6-7-14-20(18)43(37,38)39;;;;1-4(2)3/h3-7,9-15,36H,2H2,1H3,(H,37,38,39)(H,40,41,42)(H,29,30,31,32);;;;/q-1;3*+1;/p-2. The second-order valence-electron chi connectivity index (χ2n) is 9.12. The van der Waals surface area contributed by atoms with E-state index in [1.165, 1.54) is 24.3 Å². The molecule has 51 heavy (non-hydrogen) atoms. The minimum atomic E-state index is -5.25. The molecule has 5 aromatic rings. The molecule has 2 N–H and O–H groups in total. The molecule has 0 aliphatic heterocycles. The maximum atomic E-state index is 12.2. The second kappa shape index (κ2) is 20.4. The summed E-state index contributed by atoms with van der Waals surface area (Å²) in [5.74, 6) is -0.650. The van der Waals surface area contributed by atoms with Gasteiger partial charge in [-0.15, -0.1) is 28.2 Å². The summed E-state index contributed by atoms with van der Waals surface area (Å²) in [7, 11) is -13.3. The largest absolute Gasteiger partial charge is 1.00 e. The molecule has 0 amide bonds. The predicted molar refractivity (Wildman–Crippen MR) is 168 cm³/mol. The smallest absolute Gasteiger partial charge is 0.744 e. The fourth-order valence-corrected chi connectivity index (χ4v) is 5.67. The van der Waals surface area contributed by atoms with Gasteiger partial charge in [-0.2, -0.15) is 33.2 Å². The third-order valence-corrected chi connectivity index (χ3v) is 8.04. The summed E-state index contributed by atoms with van der Waals surface area (Å²) in [6.45, 7) is 2.36. The number of halogens is 1. The van der Waals surface area contributed by atoms with Gasteiger partial charge in [-0.25, -0.2) is 16.8 Å². The number of phenolic OH excluding ortho intramolecular Hbond substituents is 1. The Bertz CT molecular complexity index is 2380. The van der Waals surface area contributed by atoms with E-state index in [0.717, 1.165) is 23.9 Å². The van der Waals surface area contributed by atoms with Gasteiger partial charge < -0.3 is 24.4 Å². The molecular weight excluding hydrogens is 783 g/mol. The van der Waals surface area contributed by atoms with Gasteiger partial charge in [-0.3, -0.25) is 0 Å². The van der Waals surface area contributed by atoms with Crippen molar-refractivity contribution in [3.63, 3.8) is 0 Å².